The van der Waals surface area contributed by atoms with Gasteiger partial charge >= 0.3 is 0 Å². The number of nitrogens with zero attached hydrogens (tertiary/aromatic N) is 3. The maximum absolute atomic E-state index is 6.67. The van der Waals surface area contributed by atoms with Crippen molar-refractivity contribution in [2.45, 2.75) is 49.9 Å². The minimum absolute atomic E-state index is 0.0478. The van der Waals surface area contributed by atoms with Gasteiger partial charge in [-0.1, -0.05) is 90.1 Å². The van der Waals surface area contributed by atoms with Gasteiger partial charge < -0.3 is 14.4 Å². The fourth-order valence-corrected chi connectivity index (χ4v) is 7.18. The minimum Gasteiger partial charge on any atom is -0.370 e. The van der Waals surface area contributed by atoms with Gasteiger partial charge in [-0.2, -0.15) is 0 Å². The zero-order valence-corrected chi connectivity index (χ0v) is 25.0. The number of ether oxygens (including phenoxy) is 2. The number of rotatable bonds is 6. The number of fused-ring (bicyclic) bond motifs is 3. The third-order valence-electron chi connectivity index (χ3n) is 7.54. The molecule has 0 saturated carbocycles. The highest BCUT2D eigenvalue weighted by Gasteiger charge is 2.46. The maximum atomic E-state index is 6.67. The Hall–Kier alpha value is -2.42. The summed E-state index contributed by atoms with van der Waals surface area (Å²) in [6, 6.07) is 25.6. The second-order valence-electron chi connectivity index (χ2n) is 10.0. The average molecular weight is 623 g/mol. The van der Waals surface area contributed by atoms with E-state index >= 15 is 0 Å². The van der Waals surface area contributed by atoms with E-state index in [1.807, 2.05) is 6.26 Å². The van der Waals surface area contributed by atoms with E-state index in [9.17, 15) is 0 Å². The molecule has 1 spiro atoms. The van der Waals surface area contributed by atoms with E-state index < -0.39 is 5.60 Å². The van der Waals surface area contributed by atoms with Gasteiger partial charge in [0.1, 0.15) is 10.8 Å². The number of aromatic nitrogens is 2. The first kappa shape index (κ1) is 26.8. The lowest BCUT2D eigenvalue weighted by atomic mass is 9.80. The molecule has 2 aliphatic heterocycles. The summed E-state index contributed by atoms with van der Waals surface area (Å²) < 4.78 is 14.0. The largest absolute Gasteiger partial charge is 0.370 e. The highest BCUT2D eigenvalue weighted by atomic mass is 79.9. The van der Waals surface area contributed by atoms with Gasteiger partial charge in [-0.15, -0.1) is 0 Å². The summed E-state index contributed by atoms with van der Waals surface area (Å²) in [6.07, 6.45) is 2.48. The van der Waals surface area contributed by atoms with Crippen molar-refractivity contribution in [1.29, 1.82) is 0 Å². The summed E-state index contributed by atoms with van der Waals surface area (Å²) >= 11 is 12.1. The minimum atomic E-state index is -0.678. The van der Waals surface area contributed by atoms with Gasteiger partial charge in [0, 0.05) is 35.1 Å². The molecule has 6 rings (SSSR count). The van der Waals surface area contributed by atoms with Crippen LogP contribution in [0.4, 0.5) is 5.69 Å². The van der Waals surface area contributed by atoms with Crippen molar-refractivity contribution < 1.29 is 9.47 Å². The van der Waals surface area contributed by atoms with Crippen LogP contribution in [-0.2, 0) is 41.2 Å². The van der Waals surface area contributed by atoms with Gasteiger partial charge in [0.05, 0.1) is 30.7 Å². The molecule has 3 aromatic carbocycles. The molecule has 0 radical (unpaired) electrons. The highest BCUT2D eigenvalue weighted by molar-refractivity contribution is 9.10. The van der Waals surface area contributed by atoms with E-state index in [1.54, 1.807) is 0 Å². The number of hydrogen-bond donors (Lipinski definition) is 0. The van der Waals surface area contributed by atoms with Crippen LogP contribution in [0.2, 0.25) is 5.15 Å². The molecule has 4 aromatic rings. The molecule has 39 heavy (non-hydrogen) atoms. The monoisotopic (exact) mass is 621 g/mol. The van der Waals surface area contributed by atoms with Gasteiger partial charge in [-0.05, 0) is 51.9 Å². The van der Waals surface area contributed by atoms with E-state index in [2.05, 4.69) is 106 Å². The molecule has 0 unspecified atom stereocenters. The van der Waals surface area contributed by atoms with Gasteiger partial charge in [0.25, 0.3) is 0 Å². The number of halogens is 2. The van der Waals surface area contributed by atoms with Gasteiger partial charge in [-0.25, -0.2) is 9.97 Å². The molecule has 0 saturated heterocycles. The van der Waals surface area contributed by atoms with Crippen molar-refractivity contribution in [3.8, 4) is 0 Å². The lowest BCUT2D eigenvalue weighted by Gasteiger charge is -2.45. The quantitative estimate of drug-likeness (QED) is 0.124. The Kier molecular flexibility index (Phi) is 7.71. The van der Waals surface area contributed by atoms with Crippen LogP contribution in [0, 0.1) is 0 Å². The molecular formula is C31H29BrClN3O2S. The van der Waals surface area contributed by atoms with Crippen LogP contribution in [0.5, 0.6) is 0 Å². The van der Waals surface area contributed by atoms with Crippen molar-refractivity contribution in [3.05, 3.63) is 116 Å². The van der Waals surface area contributed by atoms with E-state index in [1.165, 1.54) is 22.9 Å². The Morgan fingerprint density at radius 2 is 1.67 bits per heavy atom. The standard InChI is InChI=1S/C31H29BrClN3O2S/c1-20-23-13-14-26(36(16-21-9-5-3-6-10-21)17-22-11-7-4-8-12-22)28(32)27(23)31(19-37-20)15-25-24(18-38-31)29(33)35-30(34-25)39-2/h3-14,20H,15-19H2,1-2H3/t20-,31+/m0/s1. The molecule has 0 fully saturated rings. The van der Waals surface area contributed by atoms with Crippen LogP contribution in [-0.4, -0.2) is 22.8 Å². The molecule has 1 aromatic heterocycles. The van der Waals surface area contributed by atoms with Gasteiger partial charge in [0.15, 0.2) is 5.16 Å². The van der Waals surface area contributed by atoms with E-state index in [-0.39, 0.29) is 6.10 Å². The average Bonchev–Trinajstić information content (AvgIpc) is 2.96. The third kappa shape index (κ3) is 5.23. The molecular weight excluding hydrogens is 594 g/mol. The van der Waals surface area contributed by atoms with Crippen molar-refractivity contribution >= 4 is 45.0 Å². The molecule has 3 heterocycles. The van der Waals surface area contributed by atoms with Crippen LogP contribution >= 0.6 is 39.3 Å². The Morgan fingerprint density at radius 3 is 2.31 bits per heavy atom. The zero-order valence-electron chi connectivity index (χ0n) is 21.9. The summed E-state index contributed by atoms with van der Waals surface area (Å²) in [6.45, 7) is 4.43. The van der Waals surface area contributed by atoms with Crippen LogP contribution in [0.15, 0.2) is 82.4 Å². The van der Waals surface area contributed by atoms with Gasteiger partial charge in [-0.3, -0.25) is 0 Å². The SMILES string of the molecule is CSc1nc(Cl)c2c(n1)C[C@]1(CO[C@@H](C)c3ccc(N(Cc4ccccc4)Cc4ccccc4)c(Br)c31)OC2. The predicted molar refractivity (Wildman–Crippen MR) is 160 cm³/mol. The predicted octanol–water partition coefficient (Wildman–Crippen LogP) is 7.88. The maximum Gasteiger partial charge on any atom is 0.188 e. The second-order valence-corrected chi connectivity index (χ2v) is 12.0. The summed E-state index contributed by atoms with van der Waals surface area (Å²) in [7, 11) is 0. The molecule has 2 aliphatic rings. The normalized spacial score (nSPS) is 19.9. The van der Waals surface area contributed by atoms with Crippen LogP contribution in [0.25, 0.3) is 0 Å². The fourth-order valence-electron chi connectivity index (χ4n) is 5.53. The zero-order chi connectivity index (χ0) is 27.0. The van der Waals surface area contributed by atoms with E-state index in [0.29, 0.717) is 29.9 Å². The van der Waals surface area contributed by atoms with Crippen molar-refractivity contribution in [2.75, 3.05) is 17.8 Å². The second kappa shape index (κ2) is 11.2. The van der Waals surface area contributed by atoms with E-state index in [0.717, 1.165) is 45.6 Å². The van der Waals surface area contributed by atoms with Gasteiger partial charge in [0.2, 0.25) is 0 Å². The summed E-state index contributed by atoms with van der Waals surface area (Å²) in [4.78, 5) is 11.7. The molecule has 0 amide bonds. The number of benzene rings is 3. The van der Waals surface area contributed by atoms with Crippen LogP contribution < -0.4 is 4.90 Å². The van der Waals surface area contributed by atoms with Crippen molar-refractivity contribution in [3.63, 3.8) is 0 Å². The molecule has 0 bridgehead atoms. The van der Waals surface area contributed by atoms with E-state index in [4.69, 9.17) is 26.1 Å². The molecule has 200 valence electrons. The van der Waals surface area contributed by atoms with Crippen LogP contribution in [0.1, 0.15) is 46.5 Å². The first-order chi connectivity index (χ1) is 19.0. The molecule has 5 nitrogen and oxygen atoms in total. The number of hydrogen-bond acceptors (Lipinski definition) is 6. The summed E-state index contributed by atoms with van der Waals surface area (Å²) in [5.41, 5.74) is 7.00. The molecule has 0 N–H and O–H groups in total. The number of anilines is 1. The smallest absolute Gasteiger partial charge is 0.188 e. The van der Waals surface area contributed by atoms with Crippen molar-refractivity contribution in [2.24, 2.45) is 0 Å². The lowest BCUT2D eigenvalue weighted by Crippen LogP contribution is -2.45. The Morgan fingerprint density at radius 1 is 1.00 bits per heavy atom. The Balaban J connectivity index is 1.45. The Bertz CT molecular complexity index is 1450. The van der Waals surface area contributed by atoms with Crippen LogP contribution in [0.3, 0.4) is 0 Å². The highest BCUT2D eigenvalue weighted by Crippen LogP contribution is 2.50. The first-order valence-electron chi connectivity index (χ1n) is 13.0. The lowest BCUT2D eigenvalue weighted by molar-refractivity contribution is -0.148. The third-order valence-corrected chi connectivity index (χ3v) is 9.20. The fraction of sp³-hybridized carbons (Fsp3) is 0.290. The first-order valence-corrected chi connectivity index (χ1v) is 15.4. The summed E-state index contributed by atoms with van der Waals surface area (Å²) in [5, 5.41) is 1.14. The molecule has 2 atom stereocenters. The topological polar surface area (TPSA) is 47.5 Å². The Labute approximate surface area is 247 Å². The summed E-state index contributed by atoms with van der Waals surface area (Å²) in [5.74, 6) is 0. The number of thioether (sulfide) groups is 1. The molecule has 8 heteroatoms. The molecule has 0 aliphatic carbocycles. The van der Waals surface area contributed by atoms with Crippen molar-refractivity contribution in [1.82, 2.24) is 9.97 Å².